The van der Waals surface area contributed by atoms with Crippen molar-refractivity contribution in [3.8, 4) is 0 Å². The van der Waals surface area contributed by atoms with Crippen molar-refractivity contribution in [2.45, 2.75) is 59.9 Å². The molecule has 0 atom stereocenters. The van der Waals surface area contributed by atoms with Gasteiger partial charge in [0.15, 0.2) is 11.6 Å². The smallest absolute Gasteiger partial charge is 0.427 e. The maximum Gasteiger partial charge on any atom is 0.427 e. The van der Waals surface area contributed by atoms with Crippen LogP contribution >= 0.6 is 11.6 Å². The van der Waals surface area contributed by atoms with Crippen LogP contribution in [-0.4, -0.2) is 32.9 Å². The van der Waals surface area contributed by atoms with Crippen LogP contribution in [0.1, 0.15) is 50.2 Å². The highest BCUT2D eigenvalue weighted by molar-refractivity contribution is 6.31. The molecule has 0 spiro atoms. The van der Waals surface area contributed by atoms with E-state index in [1.165, 1.54) is 0 Å². The second-order valence-corrected chi connectivity index (χ2v) is 10.3. The van der Waals surface area contributed by atoms with Crippen LogP contribution in [0.25, 0.3) is 11.0 Å². The summed E-state index contributed by atoms with van der Waals surface area (Å²) in [6.45, 7) is 11.1. The first-order chi connectivity index (χ1) is 18.2. The van der Waals surface area contributed by atoms with E-state index < -0.39 is 11.7 Å². The predicted molar refractivity (Wildman–Crippen MR) is 151 cm³/mol. The predicted octanol–water partition coefficient (Wildman–Crippen LogP) is 6.62. The molecule has 200 valence electrons. The van der Waals surface area contributed by atoms with Gasteiger partial charge in [0.05, 0.1) is 0 Å². The SMILES string of the molecule is CCOCc1nc2c(N(Cc3ccccc3)Cc3ccccc3)nc(Cl)c(C)c2n1NC(=O)OC(C)(C)C. The van der Waals surface area contributed by atoms with Crippen molar-refractivity contribution in [3.63, 3.8) is 0 Å². The molecule has 2 aromatic heterocycles. The van der Waals surface area contributed by atoms with Gasteiger partial charge in [-0.25, -0.2) is 24.9 Å². The quantitative estimate of drug-likeness (QED) is 0.243. The molecule has 0 radical (unpaired) electrons. The summed E-state index contributed by atoms with van der Waals surface area (Å²) in [7, 11) is 0. The molecule has 2 aromatic carbocycles. The highest BCUT2D eigenvalue weighted by atomic mass is 35.5. The van der Waals surface area contributed by atoms with Gasteiger partial charge < -0.3 is 14.4 Å². The van der Waals surface area contributed by atoms with E-state index >= 15 is 0 Å². The third-order valence-corrected chi connectivity index (χ3v) is 6.16. The third kappa shape index (κ3) is 6.62. The Labute approximate surface area is 228 Å². The van der Waals surface area contributed by atoms with E-state index in [0.29, 0.717) is 53.1 Å². The zero-order chi connectivity index (χ0) is 27.3. The van der Waals surface area contributed by atoms with Crippen LogP contribution in [0, 0.1) is 6.92 Å². The number of carbonyl (C=O) groups is 1. The summed E-state index contributed by atoms with van der Waals surface area (Å²) in [5, 5.41) is 0.328. The third-order valence-electron chi connectivity index (χ3n) is 5.80. The maximum absolute atomic E-state index is 12.8. The molecule has 1 amide bonds. The summed E-state index contributed by atoms with van der Waals surface area (Å²) in [5.74, 6) is 1.13. The summed E-state index contributed by atoms with van der Waals surface area (Å²) in [5.41, 5.74) is 6.37. The molecular formula is C29H34ClN5O3. The highest BCUT2D eigenvalue weighted by Crippen LogP contribution is 2.33. The molecule has 0 aliphatic rings. The van der Waals surface area contributed by atoms with Gasteiger partial charge in [0.1, 0.15) is 28.4 Å². The Hall–Kier alpha value is -3.62. The summed E-state index contributed by atoms with van der Waals surface area (Å²) >= 11 is 6.72. The molecule has 38 heavy (non-hydrogen) atoms. The average molecular weight is 536 g/mol. The normalized spacial score (nSPS) is 11.5. The number of nitrogens with zero attached hydrogens (tertiary/aromatic N) is 4. The number of fused-ring (bicyclic) bond motifs is 1. The van der Waals surface area contributed by atoms with Crippen molar-refractivity contribution in [2.75, 3.05) is 16.9 Å². The molecule has 9 heteroatoms. The molecule has 0 bridgehead atoms. The Kier molecular flexibility index (Phi) is 8.54. The number of hydrogen-bond acceptors (Lipinski definition) is 6. The number of pyridine rings is 1. The summed E-state index contributed by atoms with van der Waals surface area (Å²) in [6, 6.07) is 20.4. The summed E-state index contributed by atoms with van der Waals surface area (Å²) in [4.78, 5) is 24.7. The average Bonchev–Trinajstić information content (AvgIpc) is 3.22. The first-order valence-corrected chi connectivity index (χ1v) is 13.0. The van der Waals surface area contributed by atoms with Crippen LogP contribution in [0.5, 0.6) is 0 Å². The van der Waals surface area contributed by atoms with Crippen molar-refractivity contribution >= 4 is 34.5 Å². The lowest BCUT2D eigenvalue weighted by Gasteiger charge is -2.25. The molecule has 8 nitrogen and oxygen atoms in total. The van der Waals surface area contributed by atoms with E-state index in [-0.39, 0.29) is 6.61 Å². The lowest BCUT2D eigenvalue weighted by Crippen LogP contribution is -2.32. The van der Waals surface area contributed by atoms with Crippen LogP contribution in [0.15, 0.2) is 60.7 Å². The standard InChI is InChI=1S/C29H34ClN5O3/c1-6-37-19-23-31-24-25(35(23)33-28(36)38-29(3,4)5)20(2)26(30)32-27(24)34(17-21-13-9-7-10-14-21)18-22-15-11-8-12-16-22/h7-16H,6,17-19H2,1-5H3,(H,33,36). The molecule has 1 N–H and O–H groups in total. The zero-order valence-electron chi connectivity index (χ0n) is 22.5. The lowest BCUT2D eigenvalue weighted by atomic mass is 10.1. The van der Waals surface area contributed by atoms with E-state index in [4.69, 9.17) is 31.0 Å². The van der Waals surface area contributed by atoms with Gasteiger partial charge in [-0.05, 0) is 45.7 Å². The van der Waals surface area contributed by atoms with Gasteiger partial charge in [-0.3, -0.25) is 0 Å². The molecule has 0 saturated carbocycles. The number of rotatable bonds is 9. The second kappa shape index (κ2) is 11.8. The van der Waals surface area contributed by atoms with Gasteiger partial charge in [-0.15, -0.1) is 0 Å². The van der Waals surface area contributed by atoms with Crippen LogP contribution in [0.4, 0.5) is 10.6 Å². The van der Waals surface area contributed by atoms with Gasteiger partial charge in [0.2, 0.25) is 0 Å². The van der Waals surface area contributed by atoms with Crippen LogP contribution in [-0.2, 0) is 29.2 Å². The summed E-state index contributed by atoms with van der Waals surface area (Å²) < 4.78 is 12.8. The molecule has 0 aliphatic carbocycles. The Morgan fingerprint density at radius 3 is 2.11 bits per heavy atom. The van der Waals surface area contributed by atoms with Gasteiger partial charge in [-0.2, -0.15) is 0 Å². The first-order valence-electron chi connectivity index (χ1n) is 12.6. The van der Waals surface area contributed by atoms with Crippen molar-refractivity contribution in [1.82, 2.24) is 14.6 Å². The molecule has 0 saturated heterocycles. The van der Waals surface area contributed by atoms with Gasteiger partial charge in [-0.1, -0.05) is 72.3 Å². The number of amides is 1. The number of halogens is 1. The highest BCUT2D eigenvalue weighted by Gasteiger charge is 2.25. The number of ether oxygens (including phenoxy) is 2. The Bertz CT molecular complexity index is 1340. The number of benzene rings is 2. The van der Waals surface area contributed by atoms with Crippen molar-refractivity contribution < 1.29 is 14.3 Å². The van der Waals surface area contributed by atoms with Crippen LogP contribution in [0.3, 0.4) is 0 Å². The van der Waals surface area contributed by atoms with Crippen molar-refractivity contribution in [3.05, 3.63) is 88.3 Å². The fourth-order valence-electron chi connectivity index (χ4n) is 4.13. The number of imidazole rings is 1. The topological polar surface area (TPSA) is 81.5 Å². The number of nitrogens with one attached hydrogen (secondary N) is 1. The van der Waals surface area contributed by atoms with Crippen LogP contribution < -0.4 is 10.3 Å². The minimum atomic E-state index is -0.665. The number of hydrogen-bond donors (Lipinski definition) is 1. The molecule has 4 rings (SSSR count). The van der Waals surface area contributed by atoms with Crippen LogP contribution in [0.2, 0.25) is 5.15 Å². The Morgan fingerprint density at radius 1 is 1.00 bits per heavy atom. The number of carbonyl (C=O) groups excluding carboxylic acids is 1. The monoisotopic (exact) mass is 535 g/mol. The molecule has 2 heterocycles. The van der Waals surface area contributed by atoms with Gasteiger partial charge >= 0.3 is 6.09 Å². The molecule has 0 fully saturated rings. The number of aryl methyl sites for hydroxylation is 1. The van der Waals surface area contributed by atoms with Gasteiger partial charge in [0, 0.05) is 25.3 Å². The van der Waals surface area contributed by atoms with E-state index in [0.717, 1.165) is 11.1 Å². The molecule has 4 aromatic rings. The minimum Gasteiger partial charge on any atom is -0.443 e. The minimum absolute atomic E-state index is 0.189. The van der Waals surface area contributed by atoms with E-state index in [1.54, 1.807) is 4.68 Å². The van der Waals surface area contributed by atoms with E-state index in [1.807, 2.05) is 71.0 Å². The molecule has 0 aliphatic heterocycles. The Balaban J connectivity index is 1.87. The first kappa shape index (κ1) is 27.4. The molecular weight excluding hydrogens is 502 g/mol. The van der Waals surface area contributed by atoms with Crippen molar-refractivity contribution in [1.29, 1.82) is 0 Å². The van der Waals surface area contributed by atoms with E-state index in [9.17, 15) is 4.79 Å². The fraction of sp³-hybridized carbons (Fsp3) is 0.345. The fourth-order valence-corrected chi connectivity index (χ4v) is 4.30. The zero-order valence-corrected chi connectivity index (χ0v) is 23.2. The largest absolute Gasteiger partial charge is 0.443 e. The number of aromatic nitrogens is 3. The summed E-state index contributed by atoms with van der Waals surface area (Å²) in [6.07, 6.45) is -0.603. The maximum atomic E-state index is 12.8. The van der Waals surface area contributed by atoms with Gasteiger partial charge in [0.25, 0.3) is 0 Å². The van der Waals surface area contributed by atoms with E-state index in [2.05, 4.69) is 34.6 Å². The van der Waals surface area contributed by atoms with Crippen molar-refractivity contribution in [2.24, 2.45) is 0 Å². The second-order valence-electron chi connectivity index (χ2n) is 9.99. The lowest BCUT2D eigenvalue weighted by molar-refractivity contribution is 0.0610. The Morgan fingerprint density at radius 2 is 1.58 bits per heavy atom. The molecule has 0 unspecified atom stereocenters. The number of anilines is 1.